The van der Waals surface area contributed by atoms with Crippen LogP contribution in [0.25, 0.3) is 0 Å². The van der Waals surface area contributed by atoms with Gasteiger partial charge in [0.1, 0.15) is 0 Å². The zero-order valence-electron chi connectivity index (χ0n) is 8.81. The Morgan fingerprint density at radius 2 is 2.00 bits per heavy atom. The molecule has 0 aromatic heterocycles. The van der Waals surface area contributed by atoms with Crippen LogP contribution in [0.2, 0.25) is 0 Å². The van der Waals surface area contributed by atoms with Gasteiger partial charge in [-0.1, -0.05) is 18.2 Å². The fourth-order valence-electron chi connectivity index (χ4n) is 1.30. The molecule has 1 aliphatic rings. The first-order valence-electron chi connectivity index (χ1n) is 4.93. The van der Waals surface area contributed by atoms with E-state index in [1.165, 1.54) is 0 Å². The molecule has 15 heavy (non-hydrogen) atoms. The molecule has 0 aliphatic carbocycles. The fourth-order valence-corrected chi connectivity index (χ4v) is 1.30. The Balaban J connectivity index is 0.000000151. The molecule has 1 aliphatic heterocycles. The molecule has 1 heterocycles. The third-order valence-corrected chi connectivity index (χ3v) is 2.21. The van der Waals surface area contributed by atoms with E-state index in [2.05, 4.69) is 0 Å². The van der Waals surface area contributed by atoms with Gasteiger partial charge in [0.25, 0.3) is 0 Å². The number of amides is 1. The van der Waals surface area contributed by atoms with Crippen molar-refractivity contribution >= 4 is 5.91 Å². The highest BCUT2D eigenvalue weighted by atomic mass is 16.2. The molecule has 1 aromatic rings. The van der Waals surface area contributed by atoms with Crippen LogP contribution in [-0.2, 0) is 4.79 Å². The van der Waals surface area contributed by atoms with Gasteiger partial charge >= 0.3 is 0 Å². The van der Waals surface area contributed by atoms with Crippen LogP contribution in [-0.4, -0.2) is 24.4 Å². The lowest BCUT2D eigenvalue weighted by molar-refractivity contribution is -0.126. The van der Waals surface area contributed by atoms with Crippen molar-refractivity contribution in [1.29, 1.82) is 5.26 Å². The monoisotopic (exact) mass is 202 g/mol. The van der Waals surface area contributed by atoms with Crippen molar-refractivity contribution in [3.63, 3.8) is 0 Å². The normalized spacial score (nSPS) is 14.1. The average Bonchev–Trinajstić information content (AvgIpc) is 2.65. The minimum absolute atomic E-state index is 0.292. The minimum atomic E-state index is 0.292. The van der Waals surface area contributed by atoms with Crippen LogP contribution >= 0.6 is 0 Å². The number of nitriles is 1. The van der Waals surface area contributed by atoms with Gasteiger partial charge in [-0.05, 0) is 18.6 Å². The summed E-state index contributed by atoms with van der Waals surface area (Å²) in [6, 6.07) is 11.2. The molecular weight excluding hydrogens is 188 g/mol. The van der Waals surface area contributed by atoms with Crippen LogP contribution < -0.4 is 0 Å². The highest BCUT2D eigenvalue weighted by Crippen LogP contribution is 2.04. The first-order chi connectivity index (χ1) is 7.24. The lowest BCUT2D eigenvalue weighted by atomic mass is 10.2. The summed E-state index contributed by atoms with van der Waals surface area (Å²) in [7, 11) is 1.84. The number of carbonyl (C=O) groups excluding carboxylic acids is 1. The molecule has 0 saturated carbocycles. The van der Waals surface area contributed by atoms with Crippen LogP contribution in [0.15, 0.2) is 30.3 Å². The molecule has 0 N–H and O–H groups in total. The van der Waals surface area contributed by atoms with Gasteiger partial charge in [0.05, 0.1) is 11.6 Å². The molecule has 0 radical (unpaired) electrons. The number of benzene rings is 1. The highest BCUT2D eigenvalue weighted by Gasteiger charge is 2.14. The predicted octanol–water partition coefficient (Wildman–Crippen LogP) is 1.80. The minimum Gasteiger partial charge on any atom is -0.346 e. The van der Waals surface area contributed by atoms with E-state index in [0.717, 1.165) is 19.4 Å². The Kier molecular flexibility index (Phi) is 4.36. The molecule has 0 unspecified atom stereocenters. The zero-order chi connectivity index (χ0) is 11.1. The van der Waals surface area contributed by atoms with Crippen molar-refractivity contribution in [2.24, 2.45) is 0 Å². The smallest absolute Gasteiger partial charge is 0.222 e. The Hall–Kier alpha value is -1.82. The van der Waals surface area contributed by atoms with Crippen molar-refractivity contribution in [1.82, 2.24) is 4.90 Å². The van der Waals surface area contributed by atoms with Crippen LogP contribution in [0.3, 0.4) is 0 Å². The number of rotatable bonds is 0. The van der Waals surface area contributed by atoms with Crippen molar-refractivity contribution < 1.29 is 4.79 Å². The number of hydrogen-bond acceptors (Lipinski definition) is 2. The second-order valence-corrected chi connectivity index (χ2v) is 3.40. The molecule has 1 saturated heterocycles. The largest absolute Gasteiger partial charge is 0.346 e. The van der Waals surface area contributed by atoms with E-state index in [0.29, 0.717) is 11.5 Å². The van der Waals surface area contributed by atoms with Gasteiger partial charge in [0, 0.05) is 20.0 Å². The molecular formula is C12H14N2O. The molecule has 3 nitrogen and oxygen atoms in total. The highest BCUT2D eigenvalue weighted by molar-refractivity contribution is 5.77. The summed E-state index contributed by atoms with van der Waals surface area (Å²) in [6.45, 7) is 0.957. The lowest BCUT2D eigenvalue weighted by Gasteiger charge is -2.03. The maximum Gasteiger partial charge on any atom is 0.222 e. The Bertz CT molecular complexity index is 354. The molecule has 0 spiro atoms. The SMILES string of the molecule is CN1CCCC1=O.N#Cc1ccccc1. The molecule has 1 aromatic carbocycles. The summed E-state index contributed by atoms with van der Waals surface area (Å²) >= 11 is 0. The van der Waals surface area contributed by atoms with Crippen molar-refractivity contribution in [3.05, 3.63) is 35.9 Å². The predicted molar refractivity (Wildman–Crippen MR) is 58.0 cm³/mol. The lowest BCUT2D eigenvalue weighted by Crippen LogP contribution is -2.17. The van der Waals surface area contributed by atoms with Gasteiger partial charge in [-0.25, -0.2) is 0 Å². The van der Waals surface area contributed by atoms with E-state index < -0.39 is 0 Å². The van der Waals surface area contributed by atoms with Crippen molar-refractivity contribution in [2.45, 2.75) is 12.8 Å². The number of hydrogen-bond donors (Lipinski definition) is 0. The van der Waals surface area contributed by atoms with E-state index in [-0.39, 0.29) is 0 Å². The maximum absolute atomic E-state index is 10.5. The van der Waals surface area contributed by atoms with Gasteiger partial charge in [-0.15, -0.1) is 0 Å². The Labute approximate surface area is 89.9 Å². The molecule has 2 rings (SSSR count). The second kappa shape index (κ2) is 5.82. The fraction of sp³-hybridized carbons (Fsp3) is 0.333. The van der Waals surface area contributed by atoms with E-state index in [4.69, 9.17) is 5.26 Å². The summed E-state index contributed by atoms with van der Waals surface area (Å²) in [4.78, 5) is 12.3. The van der Waals surface area contributed by atoms with Crippen LogP contribution in [0.5, 0.6) is 0 Å². The summed E-state index contributed by atoms with van der Waals surface area (Å²) in [5.41, 5.74) is 0.715. The van der Waals surface area contributed by atoms with Gasteiger partial charge < -0.3 is 4.90 Å². The quantitative estimate of drug-likeness (QED) is 0.643. The molecule has 1 fully saturated rings. The van der Waals surface area contributed by atoms with Crippen molar-refractivity contribution in [2.75, 3.05) is 13.6 Å². The summed E-state index contributed by atoms with van der Waals surface area (Å²) in [5.74, 6) is 0.292. The van der Waals surface area contributed by atoms with Crippen LogP contribution in [0.4, 0.5) is 0 Å². The summed E-state index contributed by atoms with van der Waals surface area (Å²) < 4.78 is 0. The molecule has 3 heteroatoms. The third kappa shape index (κ3) is 3.82. The van der Waals surface area contributed by atoms with Gasteiger partial charge in [0.2, 0.25) is 5.91 Å². The first kappa shape index (κ1) is 11.3. The van der Waals surface area contributed by atoms with E-state index >= 15 is 0 Å². The van der Waals surface area contributed by atoms with Gasteiger partial charge in [0.15, 0.2) is 0 Å². The Morgan fingerprint density at radius 1 is 1.33 bits per heavy atom. The average molecular weight is 202 g/mol. The topological polar surface area (TPSA) is 44.1 Å². The first-order valence-corrected chi connectivity index (χ1v) is 4.93. The molecule has 78 valence electrons. The molecule has 0 bridgehead atoms. The summed E-state index contributed by atoms with van der Waals surface area (Å²) in [5, 5.41) is 8.29. The number of likely N-dealkylation sites (tertiary alicyclic amines) is 1. The molecule has 1 amide bonds. The van der Waals surface area contributed by atoms with E-state index in [9.17, 15) is 4.79 Å². The standard InChI is InChI=1S/C7H5N.C5H9NO/c8-6-7-4-2-1-3-5-7;1-6-4-2-3-5(6)7/h1-5H;2-4H2,1H3. The van der Waals surface area contributed by atoms with Crippen molar-refractivity contribution in [3.8, 4) is 6.07 Å². The van der Waals surface area contributed by atoms with Crippen LogP contribution in [0.1, 0.15) is 18.4 Å². The molecule has 0 atom stereocenters. The summed E-state index contributed by atoms with van der Waals surface area (Å²) in [6.07, 6.45) is 1.81. The second-order valence-electron chi connectivity index (χ2n) is 3.40. The number of carbonyl (C=O) groups is 1. The van der Waals surface area contributed by atoms with Gasteiger partial charge in [-0.2, -0.15) is 5.26 Å². The third-order valence-electron chi connectivity index (χ3n) is 2.21. The van der Waals surface area contributed by atoms with Gasteiger partial charge in [-0.3, -0.25) is 4.79 Å². The number of nitrogens with zero attached hydrogens (tertiary/aromatic N) is 2. The van der Waals surface area contributed by atoms with E-state index in [1.54, 1.807) is 17.0 Å². The van der Waals surface area contributed by atoms with E-state index in [1.807, 2.05) is 31.3 Å². The maximum atomic E-state index is 10.5. The Morgan fingerprint density at radius 3 is 2.27 bits per heavy atom. The van der Waals surface area contributed by atoms with Crippen LogP contribution in [0, 0.1) is 11.3 Å². The zero-order valence-corrected chi connectivity index (χ0v) is 8.81.